The van der Waals surface area contributed by atoms with Gasteiger partial charge in [-0.25, -0.2) is 0 Å². The van der Waals surface area contributed by atoms with Gasteiger partial charge in [0.05, 0.1) is 5.02 Å². The van der Waals surface area contributed by atoms with Gasteiger partial charge in [0.25, 0.3) is 0 Å². The third kappa shape index (κ3) is 2.55. The first-order valence-corrected chi connectivity index (χ1v) is 5.31. The van der Waals surface area contributed by atoms with Crippen LogP contribution in [0.1, 0.15) is 30.1 Å². The van der Waals surface area contributed by atoms with Crippen LogP contribution in [0.3, 0.4) is 0 Å². The Labute approximate surface area is 91.2 Å². The summed E-state index contributed by atoms with van der Waals surface area (Å²) in [5.74, 6) is 0.105. The fraction of sp³-hybridized carbons (Fsp3) is 0.300. The summed E-state index contributed by atoms with van der Waals surface area (Å²) >= 11 is 9.24. The number of Topliss-reactive ketones (excluding diaryl/α,β-unsaturated/α-hetero) is 1. The van der Waals surface area contributed by atoms with Crippen LogP contribution in [-0.4, -0.2) is 5.78 Å². The van der Waals surface area contributed by atoms with Crippen molar-refractivity contribution in [1.82, 2.24) is 0 Å². The zero-order valence-corrected chi connectivity index (χ0v) is 9.65. The maximum absolute atomic E-state index is 11.5. The van der Waals surface area contributed by atoms with Gasteiger partial charge >= 0.3 is 0 Å². The molecule has 0 bridgehead atoms. The van der Waals surface area contributed by atoms with Crippen LogP contribution < -0.4 is 0 Å². The van der Waals surface area contributed by atoms with E-state index >= 15 is 0 Å². The number of halogens is 2. The standard InChI is InChI=1S/C10H10BrClO/c1-2-4-9(13)7-5-3-6-8(11)10(7)12/h3,5-6H,2,4H2,1H3. The topological polar surface area (TPSA) is 17.1 Å². The Morgan fingerprint density at radius 1 is 1.54 bits per heavy atom. The molecule has 0 aliphatic heterocycles. The van der Waals surface area contributed by atoms with E-state index in [1.165, 1.54) is 0 Å². The molecule has 0 aromatic heterocycles. The lowest BCUT2D eigenvalue weighted by molar-refractivity contribution is 0.0982. The molecule has 1 nitrogen and oxygen atoms in total. The van der Waals surface area contributed by atoms with Crippen LogP contribution in [0.15, 0.2) is 22.7 Å². The van der Waals surface area contributed by atoms with Gasteiger partial charge in [0, 0.05) is 16.5 Å². The summed E-state index contributed by atoms with van der Waals surface area (Å²) in [5, 5.41) is 0.515. The van der Waals surface area contributed by atoms with Crippen LogP contribution in [0.4, 0.5) is 0 Å². The largest absolute Gasteiger partial charge is 0.294 e. The van der Waals surface area contributed by atoms with Gasteiger partial charge in [-0.3, -0.25) is 4.79 Å². The average molecular weight is 262 g/mol. The monoisotopic (exact) mass is 260 g/mol. The molecule has 0 radical (unpaired) electrons. The molecule has 3 heteroatoms. The lowest BCUT2D eigenvalue weighted by atomic mass is 10.1. The summed E-state index contributed by atoms with van der Waals surface area (Å²) < 4.78 is 0.774. The summed E-state index contributed by atoms with van der Waals surface area (Å²) in [6, 6.07) is 5.40. The first-order valence-electron chi connectivity index (χ1n) is 4.14. The third-order valence-corrected chi connectivity index (χ3v) is 3.03. The quantitative estimate of drug-likeness (QED) is 0.749. The van der Waals surface area contributed by atoms with E-state index in [-0.39, 0.29) is 5.78 Å². The molecule has 0 unspecified atom stereocenters. The fourth-order valence-electron chi connectivity index (χ4n) is 1.08. The number of hydrogen-bond donors (Lipinski definition) is 0. The molecule has 0 aliphatic carbocycles. The lowest BCUT2D eigenvalue weighted by Gasteiger charge is -2.03. The SMILES string of the molecule is CCCC(=O)c1cccc(Br)c1Cl. The zero-order chi connectivity index (χ0) is 9.84. The molecule has 1 aromatic carbocycles. The number of ketones is 1. The summed E-state index contributed by atoms with van der Waals surface area (Å²) in [4.78, 5) is 11.5. The molecule has 0 N–H and O–H groups in total. The predicted octanol–water partition coefficient (Wildman–Crippen LogP) is 4.09. The molecule has 0 atom stereocenters. The Morgan fingerprint density at radius 2 is 2.23 bits per heavy atom. The van der Waals surface area contributed by atoms with Crippen molar-refractivity contribution < 1.29 is 4.79 Å². The van der Waals surface area contributed by atoms with Gasteiger partial charge in [-0.1, -0.05) is 24.6 Å². The second-order valence-electron chi connectivity index (χ2n) is 2.77. The summed E-state index contributed by atoms with van der Waals surface area (Å²) in [6.45, 7) is 1.98. The number of hydrogen-bond acceptors (Lipinski definition) is 1. The number of rotatable bonds is 3. The minimum Gasteiger partial charge on any atom is -0.294 e. The molecule has 1 aromatic rings. The van der Waals surface area contributed by atoms with Crippen molar-refractivity contribution in [3.63, 3.8) is 0 Å². The smallest absolute Gasteiger partial charge is 0.164 e. The maximum atomic E-state index is 11.5. The van der Waals surface area contributed by atoms with Crippen molar-refractivity contribution in [3.05, 3.63) is 33.3 Å². The highest BCUT2D eigenvalue weighted by atomic mass is 79.9. The molecular formula is C10H10BrClO. The summed E-state index contributed by atoms with van der Waals surface area (Å²) in [6.07, 6.45) is 1.40. The van der Waals surface area contributed by atoms with Gasteiger partial charge in [0.1, 0.15) is 0 Å². The van der Waals surface area contributed by atoms with Crippen LogP contribution >= 0.6 is 27.5 Å². The van der Waals surface area contributed by atoms with Crippen molar-refractivity contribution in [2.75, 3.05) is 0 Å². The molecule has 0 amide bonds. The second-order valence-corrected chi connectivity index (χ2v) is 4.01. The minimum atomic E-state index is 0.105. The predicted molar refractivity (Wildman–Crippen MR) is 58.4 cm³/mol. The first kappa shape index (κ1) is 10.7. The molecule has 0 aliphatic rings. The lowest BCUT2D eigenvalue weighted by Crippen LogP contribution is -1.99. The number of carbonyl (C=O) groups excluding carboxylic acids is 1. The maximum Gasteiger partial charge on any atom is 0.164 e. The van der Waals surface area contributed by atoms with Crippen molar-refractivity contribution in [3.8, 4) is 0 Å². The highest BCUT2D eigenvalue weighted by Gasteiger charge is 2.10. The van der Waals surface area contributed by atoms with Crippen LogP contribution in [0.25, 0.3) is 0 Å². The van der Waals surface area contributed by atoms with Gasteiger partial charge in [-0.05, 0) is 34.5 Å². The van der Waals surface area contributed by atoms with Crippen LogP contribution in [0.2, 0.25) is 5.02 Å². The highest BCUT2D eigenvalue weighted by molar-refractivity contribution is 9.10. The van der Waals surface area contributed by atoms with Crippen molar-refractivity contribution in [2.45, 2.75) is 19.8 Å². The molecule has 70 valence electrons. The number of carbonyl (C=O) groups is 1. The van der Waals surface area contributed by atoms with E-state index in [0.717, 1.165) is 10.9 Å². The molecule has 0 fully saturated rings. The molecule has 0 saturated heterocycles. The Morgan fingerprint density at radius 3 is 2.85 bits per heavy atom. The number of benzene rings is 1. The Bertz CT molecular complexity index is 323. The van der Waals surface area contributed by atoms with E-state index in [1.807, 2.05) is 19.1 Å². The summed E-state index contributed by atoms with van der Waals surface area (Å²) in [7, 11) is 0. The zero-order valence-electron chi connectivity index (χ0n) is 7.31. The first-order chi connectivity index (χ1) is 6.16. The van der Waals surface area contributed by atoms with Gasteiger partial charge in [0.2, 0.25) is 0 Å². The summed E-state index contributed by atoms with van der Waals surface area (Å²) in [5.41, 5.74) is 0.609. The Balaban J connectivity index is 3.01. The molecule has 13 heavy (non-hydrogen) atoms. The van der Waals surface area contributed by atoms with Crippen LogP contribution in [-0.2, 0) is 0 Å². The van der Waals surface area contributed by atoms with E-state index < -0.39 is 0 Å². The van der Waals surface area contributed by atoms with Gasteiger partial charge in [0.15, 0.2) is 5.78 Å². The van der Waals surface area contributed by atoms with Gasteiger partial charge in [-0.2, -0.15) is 0 Å². The third-order valence-electron chi connectivity index (χ3n) is 1.73. The molecule has 1 rings (SSSR count). The minimum absolute atomic E-state index is 0.105. The normalized spacial score (nSPS) is 10.1. The van der Waals surface area contributed by atoms with Crippen molar-refractivity contribution in [2.24, 2.45) is 0 Å². The molecule has 0 spiro atoms. The molecular weight excluding hydrogens is 251 g/mol. The van der Waals surface area contributed by atoms with E-state index in [2.05, 4.69) is 15.9 Å². The van der Waals surface area contributed by atoms with E-state index in [4.69, 9.17) is 11.6 Å². The second kappa shape index (κ2) is 4.77. The molecule has 0 saturated carbocycles. The fourth-order valence-corrected chi connectivity index (χ4v) is 1.68. The van der Waals surface area contributed by atoms with E-state index in [1.54, 1.807) is 6.07 Å². The van der Waals surface area contributed by atoms with Crippen LogP contribution in [0.5, 0.6) is 0 Å². The van der Waals surface area contributed by atoms with Gasteiger partial charge < -0.3 is 0 Å². The van der Waals surface area contributed by atoms with E-state index in [9.17, 15) is 4.79 Å². The van der Waals surface area contributed by atoms with Gasteiger partial charge in [-0.15, -0.1) is 0 Å². The van der Waals surface area contributed by atoms with Crippen LogP contribution in [0, 0.1) is 0 Å². The van der Waals surface area contributed by atoms with Crippen molar-refractivity contribution in [1.29, 1.82) is 0 Å². The Kier molecular flexibility index (Phi) is 3.94. The highest BCUT2D eigenvalue weighted by Crippen LogP contribution is 2.26. The molecule has 0 heterocycles. The Hall–Kier alpha value is -0.340. The van der Waals surface area contributed by atoms with E-state index in [0.29, 0.717) is 17.0 Å². The average Bonchev–Trinajstić information content (AvgIpc) is 2.10. The van der Waals surface area contributed by atoms with Crippen molar-refractivity contribution >= 4 is 33.3 Å².